The van der Waals surface area contributed by atoms with E-state index in [1.54, 1.807) is 0 Å². The maximum Gasteiger partial charge on any atom is 0.135 e. The average molecular weight is 212 g/mol. The van der Waals surface area contributed by atoms with Gasteiger partial charge in [0.1, 0.15) is 5.78 Å². The van der Waals surface area contributed by atoms with Gasteiger partial charge in [0.15, 0.2) is 0 Å². The minimum atomic E-state index is 0.203. The van der Waals surface area contributed by atoms with Gasteiger partial charge in [-0.2, -0.15) is 0 Å². The number of ketones is 1. The van der Waals surface area contributed by atoms with E-state index in [0.717, 1.165) is 31.8 Å². The molecule has 3 nitrogen and oxygen atoms in total. The lowest BCUT2D eigenvalue weighted by Gasteiger charge is -2.30. The third kappa shape index (κ3) is 4.31. The van der Waals surface area contributed by atoms with Crippen molar-refractivity contribution in [1.82, 2.24) is 4.90 Å². The number of piperidine rings is 1. The number of hydrogen-bond acceptors (Lipinski definition) is 3. The van der Waals surface area contributed by atoms with Gasteiger partial charge in [-0.25, -0.2) is 0 Å². The van der Waals surface area contributed by atoms with Crippen molar-refractivity contribution < 1.29 is 4.79 Å². The first-order chi connectivity index (χ1) is 7.13. The van der Waals surface area contributed by atoms with E-state index in [2.05, 4.69) is 4.90 Å². The van der Waals surface area contributed by atoms with E-state index in [1.165, 1.54) is 12.8 Å². The molecule has 0 aromatic carbocycles. The largest absolute Gasteiger partial charge is 0.318 e. The molecule has 15 heavy (non-hydrogen) atoms. The van der Waals surface area contributed by atoms with Crippen molar-refractivity contribution in [1.29, 1.82) is 0 Å². The molecule has 1 aliphatic rings. The number of nitrogens with zero attached hydrogens (tertiary/aromatic N) is 1. The van der Waals surface area contributed by atoms with Crippen LogP contribution in [0.4, 0.5) is 0 Å². The Labute approximate surface area is 93.0 Å². The van der Waals surface area contributed by atoms with Crippen LogP contribution in [0.25, 0.3) is 0 Å². The molecule has 0 atom stereocenters. The van der Waals surface area contributed by atoms with Gasteiger partial charge in [-0.15, -0.1) is 0 Å². The quantitative estimate of drug-likeness (QED) is 0.753. The number of nitrogens with two attached hydrogens (primary N) is 1. The van der Waals surface area contributed by atoms with Crippen molar-refractivity contribution in [3.63, 3.8) is 0 Å². The number of carbonyl (C=O) groups is 1. The van der Waals surface area contributed by atoms with Crippen molar-refractivity contribution >= 4 is 5.78 Å². The van der Waals surface area contributed by atoms with Crippen LogP contribution in [0.1, 0.15) is 39.5 Å². The molecular formula is C12H24N2O. The summed E-state index contributed by atoms with van der Waals surface area (Å²) in [5, 5.41) is 0. The smallest absolute Gasteiger partial charge is 0.135 e. The molecule has 1 rings (SSSR count). The lowest BCUT2D eigenvalue weighted by atomic mass is 9.90. The van der Waals surface area contributed by atoms with E-state index in [0.29, 0.717) is 12.5 Å². The standard InChI is InChI=1S/C12H24N2O/c1-10(2)12(15)4-3-11-5-7-14(9-13)8-6-11/h10-11H,3-9,13H2,1-2H3. The fourth-order valence-corrected chi connectivity index (χ4v) is 2.09. The normalized spacial score (nSPS) is 19.7. The van der Waals surface area contributed by atoms with Gasteiger partial charge in [-0.05, 0) is 38.3 Å². The summed E-state index contributed by atoms with van der Waals surface area (Å²) < 4.78 is 0. The molecule has 0 unspecified atom stereocenters. The minimum Gasteiger partial charge on any atom is -0.318 e. The maximum atomic E-state index is 11.5. The van der Waals surface area contributed by atoms with Crippen LogP contribution in [0, 0.1) is 11.8 Å². The molecular weight excluding hydrogens is 188 g/mol. The Morgan fingerprint density at radius 3 is 2.47 bits per heavy atom. The summed E-state index contributed by atoms with van der Waals surface area (Å²) in [7, 11) is 0. The molecule has 0 aliphatic carbocycles. The maximum absolute atomic E-state index is 11.5. The highest BCUT2D eigenvalue weighted by Gasteiger charge is 2.19. The predicted molar refractivity (Wildman–Crippen MR) is 62.4 cm³/mol. The molecule has 0 aromatic heterocycles. The molecule has 2 N–H and O–H groups in total. The number of Topliss-reactive ketones (excluding diaryl/α,β-unsaturated/α-hetero) is 1. The highest BCUT2D eigenvalue weighted by molar-refractivity contribution is 5.80. The molecule has 88 valence electrons. The van der Waals surface area contributed by atoms with Crippen LogP contribution in [0.3, 0.4) is 0 Å². The van der Waals surface area contributed by atoms with Gasteiger partial charge in [0.2, 0.25) is 0 Å². The second-order valence-corrected chi connectivity index (χ2v) is 4.90. The van der Waals surface area contributed by atoms with Gasteiger partial charge < -0.3 is 5.73 Å². The Morgan fingerprint density at radius 2 is 2.00 bits per heavy atom. The van der Waals surface area contributed by atoms with E-state index in [1.807, 2.05) is 13.8 Å². The second kappa shape index (κ2) is 6.23. The first-order valence-corrected chi connectivity index (χ1v) is 6.08. The molecule has 1 aliphatic heterocycles. The van der Waals surface area contributed by atoms with Gasteiger partial charge >= 0.3 is 0 Å². The lowest BCUT2D eigenvalue weighted by molar-refractivity contribution is -0.122. The molecule has 0 amide bonds. The molecule has 1 fully saturated rings. The zero-order valence-corrected chi connectivity index (χ0v) is 10.0. The van der Waals surface area contributed by atoms with E-state index in [4.69, 9.17) is 5.73 Å². The average Bonchev–Trinajstić information content (AvgIpc) is 2.26. The SMILES string of the molecule is CC(C)C(=O)CCC1CCN(CN)CC1. The summed E-state index contributed by atoms with van der Waals surface area (Å²) in [6.07, 6.45) is 4.27. The summed E-state index contributed by atoms with van der Waals surface area (Å²) >= 11 is 0. The monoisotopic (exact) mass is 212 g/mol. The Bertz CT molecular complexity index is 196. The van der Waals surface area contributed by atoms with Crippen molar-refractivity contribution in [2.75, 3.05) is 19.8 Å². The molecule has 0 spiro atoms. The van der Waals surface area contributed by atoms with Gasteiger partial charge in [0.05, 0.1) is 0 Å². The number of likely N-dealkylation sites (tertiary alicyclic amines) is 1. The van der Waals surface area contributed by atoms with Gasteiger partial charge in [0.25, 0.3) is 0 Å². The summed E-state index contributed by atoms with van der Waals surface area (Å²) in [6.45, 7) is 6.87. The van der Waals surface area contributed by atoms with Gasteiger partial charge in [-0.3, -0.25) is 9.69 Å². The zero-order valence-electron chi connectivity index (χ0n) is 10.0. The minimum absolute atomic E-state index is 0.203. The Balaban J connectivity index is 2.16. The number of rotatable bonds is 5. The van der Waals surface area contributed by atoms with Gasteiger partial charge in [-0.1, -0.05) is 13.8 Å². The highest BCUT2D eigenvalue weighted by atomic mass is 16.1. The summed E-state index contributed by atoms with van der Waals surface area (Å²) in [5.74, 6) is 1.36. The first-order valence-electron chi connectivity index (χ1n) is 6.08. The van der Waals surface area contributed by atoms with E-state index in [-0.39, 0.29) is 5.92 Å². The third-order valence-electron chi connectivity index (χ3n) is 3.41. The molecule has 1 saturated heterocycles. The summed E-state index contributed by atoms with van der Waals surface area (Å²) in [6, 6.07) is 0. The number of hydrogen-bond donors (Lipinski definition) is 1. The second-order valence-electron chi connectivity index (χ2n) is 4.90. The van der Waals surface area contributed by atoms with Crippen LogP contribution in [0.15, 0.2) is 0 Å². The van der Waals surface area contributed by atoms with Crippen LogP contribution in [0.5, 0.6) is 0 Å². The number of carbonyl (C=O) groups excluding carboxylic acids is 1. The molecule has 0 bridgehead atoms. The van der Waals surface area contributed by atoms with Crippen LogP contribution >= 0.6 is 0 Å². The van der Waals surface area contributed by atoms with E-state index >= 15 is 0 Å². The molecule has 1 heterocycles. The molecule has 0 saturated carbocycles. The zero-order chi connectivity index (χ0) is 11.3. The van der Waals surface area contributed by atoms with Crippen LogP contribution in [-0.4, -0.2) is 30.4 Å². The Hall–Kier alpha value is -0.410. The topological polar surface area (TPSA) is 46.3 Å². The summed E-state index contributed by atoms with van der Waals surface area (Å²) in [5.41, 5.74) is 5.58. The third-order valence-corrected chi connectivity index (χ3v) is 3.41. The molecule has 0 aromatic rings. The van der Waals surface area contributed by atoms with Gasteiger partial charge in [0, 0.05) is 19.0 Å². The van der Waals surface area contributed by atoms with Crippen molar-refractivity contribution in [3.05, 3.63) is 0 Å². The van der Waals surface area contributed by atoms with Crippen molar-refractivity contribution in [2.45, 2.75) is 39.5 Å². The van der Waals surface area contributed by atoms with Crippen molar-refractivity contribution in [2.24, 2.45) is 17.6 Å². The lowest BCUT2D eigenvalue weighted by Crippen LogP contribution is -2.37. The fraction of sp³-hybridized carbons (Fsp3) is 0.917. The predicted octanol–water partition coefficient (Wildman–Crippen LogP) is 1.62. The van der Waals surface area contributed by atoms with Crippen LogP contribution in [-0.2, 0) is 4.79 Å². The Morgan fingerprint density at radius 1 is 1.40 bits per heavy atom. The first kappa shape index (κ1) is 12.7. The molecule has 3 heteroatoms. The van der Waals surface area contributed by atoms with Crippen LogP contribution in [0.2, 0.25) is 0 Å². The Kier molecular flexibility index (Phi) is 5.26. The van der Waals surface area contributed by atoms with Crippen molar-refractivity contribution in [3.8, 4) is 0 Å². The highest BCUT2D eigenvalue weighted by Crippen LogP contribution is 2.22. The van der Waals surface area contributed by atoms with Crippen LogP contribution < -0.4 is 5.73 Å². The van der Waals surface area contributed by atoms with E-state index in [9.17, 15) is 4.79 Å². The van der Waals surface area contributed by atoms with E-state index < -0.39 is 0 Å². The fourth-order valence-electron chi connectivity index (χ4n) is 2.09. The summed E-state index contributed by atoms with van der Waals surface area (Å²) in [4.78, 5) is 13.8. The molecule has 0 radical (unpaired) electrons.